The number of carbonyl (C=O) groups excluding carboxylic acids is 3. The third-order valence-electron chi connectivity index (χ3n) is 4.76. The lowest BCUT2D eigenvalue weighted by molar-refractivity contribution is -0.121. The van der Waals surface area contributed by atoms with Crippen molar-refractivity contribution in [2.24, 2.45) is 7.05 Å². The highest BCUT2D eigenvalue weighted by molar-refractivity contribution is 6.22. The minimum absolute atomic E-state index is 0.112. The molecule has 30 heavy (non-hydrogen) atoms. The normalized spacial score (nSPS) is 12.9. The van der Waals surface area contributed by atoms with Gasteiger partial charge in [-0.05, 0) is 24.3 Å². The maximum Gasteiger partial charge on any atom is 0.346 e. The van der Waals surface area contributed by atoms with Gasteiger partial charge < -0.3 is 5.32 Å². The number of fused-ring (bicyclic) bond motifs is 1. The highest BCUT2D eigenvalue weighted by Gasteiger charge is 2.36. The van der Waals surface area contributed by atoms with Gasteiger partial charge in [0.25, 0.3) is 11.8 Å². The summed E-state index contributed by atoms with van der Waals surface area (Å²) in [5, 5.41) is 6.88. The number of benzene rings is 1. The predicted octanol–water partition coefficient (Wildman–Crippen LogP) is 0.0562. The number of hydrogen-bond acceptors (Lipinski definition) is 6. The number of hydrogen-bond donors (Lipinski definition) is 1. The molecular weight excluding hydrogens is 388 g/mol. The number of rotatable bonds is 6. The molecule has 1 N–H and O–H groups in total. The second kappa shape index (κ2) is 7.74. The Bertz CT molecular complexity index is 1160. The van der Waals surface area contributed by atoms with Gasteiger partial charge in [0.15, 0.2) is 5.82 Å². The molecule has 0 unspecified atom stereocenters. The molecule has 10 nitrogen and oxygen atoms in total. The van der Waals surface area contributed by atoms with Crippen molar-refractivity contribution in [2.75, 3.05) is 13.1 Å². The Kier molecular flexibility index (Phi) is 4.97. The van der Waals surface area contributed by atoms with E-state index >= 15 is 0 Å². The third kappa shape index (κ3) is 3.39. The average molecular weight is 406 g/mol. The van der Waals surface area contributed by atoms with Crippen molar-refractivity contribution in [3.05, 3.63) is 70.3 Å². The fraction of sp³-hybridized carbons (Fsp3) is 0.200. The second-order valence-corrected chi connectivity index (χ2v) is 6.70. The minimum atomic E-state index is -0.501. The van der Waals surface area contributed by atoms with E-state index in [0.717, 1.165) is 4.90 Å². The van der Waals surface area contributed by atoms with E-state index in [9.17, 15) is 19.2 Å². The molecule has 152 valence electrons. The van der Waals surface area contributed by atoms with Crippen LogP contribution in [-0.4, -0.2) is 55.0 Å². The molecule has 4 rings (SSSR count). The van der Waals surface area contributed by atoms with Crippen molar-refractivity contribution in [1.29, 1.82) is 0 Å². The molecule has 1 aliphatic rings. The van der Waals surface area contributed by atoms with Gasteiger partial charge in [-0.3, -0.25) is 28.8 Å². The van der Waals surface area contributed by atoms with E-state index in [1.165, 1.54) is 9.25 Å². The Morgan fingerprint density at radius 3 is 2.30 bits per heavy atom. The van der Waals surface area contributed by atoms with Gasteiger partial charge in [-0.2, -0.15) is 0 Å². The Hall–Kier alpha value is -4.08. The predicted molar refractivity (Wildman–Crippen MR) is 106 cm³/mol. The molecule has 1 aliphatic heterocycles. The summed E-state index contributed by atoms with van der Waals surface area (Å²) in [5.74, 6) is -1.07. The van der Waals surface area contributed by atoms with Crippen LogP contribution in [0, 0.1) is 0 Å². The van der Waals surface area contributed by atoms with Gasteiger partial charge in [-0.15, -0.1) is 5.10 Å². The number of amides is 3. The lowest BCUT2D eigenvalue weighted by Crippen LogP contribution is -2.41. The summed E-state index contributed by atoms with van der Waals surface area (Å²) in [6.07, 6.45) is 1.61. The van der Waals surface area contributed by atoms with Crippen molar-refractivity contribution in [3.63, 3.8) is 0 Å². The van der Waals surface area contributed by atoms with Crippen molar-refractivity contribution in [1.82, 2.24) is 29.5 Å². The first kappa shape index (κ1) is 19.2. The van der Waals surface area contributed by atoms with Crippen molar-refractivity contribution in [2.45, 2.75) is 6.54 Å². The molecule has 10 heteroatoms. The molecular formula is C20H18N6O4. The van der Waals surface area contributed by atoms with Gasteiger partial charge >= 0.3 is 5.69 Å². The SMILES string of the molecule is Cn1c(-c2ccccn2)nn(CCNC(=O)CN2C(=O)c3ccccc3C2=O)c1=O. The van der Waals surface area contributed by atoms with Gasteiger partial charge in [0, 0.05) is 19.8 Å². The number of carbonyl (C=O) groups is 3. The zero-order valence-corrected chi connectivity index (χ0v) is 16.1. The van der Waals surface area contributed by atoms with Crippen LogP contribution in [-0.2, 0) is 18.4 Å². The highest BCUT2D eigenvalue weighted by Crippen LogP contribution is 2.21. The summed E-state index contributed by atoms with van der Waals surface area (Å²) in [5.41, 5.74) is 0.797. The van der Waals surface area contributed by atoms with E-state index in [1.54, 1.807) is 55.7 Å². The fourth-order valence-electron chi connectivity index (χ4n) is 3.24. The van der Waals surface area contributed by atoms with Crippen LogP contribution in [0.4, 0.5) is 0 Å². The molecule has 3 amide bonds. The van der Waals surface area contributed by atoms with Crippen LogP contribution < -0.4 is 11.0 Å². The molecule has 0 aliphatic carbocycles. The number of aromatic nitrogens is 4. The molecule has 0 fully saturated rings. The van der Waals surface area contributed by atoms with Gasteiger partial charge in [0.1, 0.15) is 12.2 Å². The average Bonchev–Trinajstić information content (AvgIpc) is 3.18. The van der Waals surface area contributed by atoms with E-state index in [0.29, 0.717) is 11.5 Å². The van der Waals surface area contributed by atoms with Crippen LogP contribution in [0.25, 0.3) is 11.5 Å². The molecule has 0 radical (unpaired) electrons. The summed E-state index contributed by atoms with van der Waals surface area (Å²) in [7, 11) is 1.59. The molecule has 2 aromatic heterocycles. The largest absolute Gasteiger partial charge is 0.353 e. The molecule has 0 spiro atoms. The summed E-state index contributed by atoms with van der Waals surface area (Å²) in [6, 6.07) is 11.7. The third-order valence-corrected chi connectivity index (χ3v) is 4.76. The van der Waals surface area contributed by atoms with Crippen LogP contribution in [0.5, 0.6) is 0 Å². The van der Waals surface area contributed by atoms with Gasteiger partial charge in [0.2, 0.25) is 5.91 Å². The molecule has 0 saturated carbocycles. The fourth-order valence-corrected chi connectivity index (χ4v) is 3.24. The summed E-state index contributed by atoms with van der Waals surface area (Å²) in [6.45, 7) is -0.142. The topological polar surface area (TPSA) is 119 Å². The van der Waals surface area contributed by atoms with E-state index in [1.807, 2.05) is 0 Å². The molecule has 3 heterocycles. The summed E-state index contributed by atoms with van der Waals surface area (Å²) < 4.78 is 2.61. The Morgan fingerprint density at radius 2 is 1.67 bits per heavy atom. The lowest BCUT2D eigenvalue weighted by Gasteiger charge is -2.13. The monoisotopic (exact) mass is 406 g/mol. The van der Waals surface area contributed by atoms with Crippen molar-refractivity contribution >= 4 is 17.7 Å². The number of imide groups is 1. The highest BCUT2D eigenvalue weighted by atomic mass is 16.2. The molecule has 0 atom stereocenters. The van der Waals surface area contributed by atoms with Crippen LogP contribution >= 0.6 is 0 Å². The van der Waals surface area contributed by atoms with Gasteiger partial charge in [-0.1, -0.05) is 18.2 Å². The Morgan fingerprint density at radius 1 is 1.00 bits per heavy atom. The van der Waals surface area contributed by atoms with E-state index in [2.05, 4.69) is 15.4 Å². The van der Waals surface area contributed by atoms with Crippen LogP contribution in [0.2, 0.25) is 0 Å². The first-order valence-electron chi connectivity index (χ1n) is 9.24. The molecule has 0 saturated heterocycles. The van der Waals surface area contributed by atoms with Crippen LogP contribution in [0.15, 0.2) is 53.5 Å². The maximum atomic E-state index is 12.4. The first-order chi connectivity index (χ1) is 14.5. The molecule has 0 bridgehead atoms. The van der Waals surface area contributed by atoms with Crippen molar-refractivity contribution in [3.8, 4) is 11.5 Å². The number of nitrogens with one attached hydrogen (secondary N) is 1. The van der Waals surface area contributed by atoms with Gasteiger partial charge in [-0.25, -0.2) is 9.48 Å². The zero-order chi connectivity index (χ0) is 21.3. The lowest BCUT2D eigenvalue weighted by atomic mass is 10.1. The molecule has 1 aromatic carbocycles. The van der Waals surface area contributed by atoms with E-state index in [-0.39, 0.29) is 36.5 Å². The first-order valence-corrected chi connectivity index (χ1v) is 9.24. The summed E-state index contributed by atoms with van der Waals surface area (Å²) >= 11 is 0. The smallest absolute Gasteiger partial charge is 0.346 e. The number of pyridine rings is 1. The maximum absolute atomic E-state index is 12.4. The van der Waals surface area contributed by atoms with Gasteiger partial charge in [0.05, 0.1) is 17.7 Å². The Labute approximate surface area is 170 Å². The second-order valence-electron chi connectivity index (χ2n) is 6.70. The zero-order valence-electron chi connectivity index (χ0n) is 16.1. The quantitative estimate of drug-likeness (QED) is 0.578. The number of nitrogens with zero attached hydrogens (tertiary/aromatic N) is 5. The summed E-state index contributed by atoms with van der Waals surface area (Å²) in [4.78, 5) is 54.3. The van der Waals surface area contributed by atoms with Crippen molar-refractivity contribution < 1.29 is 14.4 Å². The standard InChI is InChI=1S/C20H18N6O4/c1-24-17(15-8-4-5-9-21-15)23-26(20(24)30)11-10-22-16(27)12-25-18(28)13-6-2-3-7-14(13)19(25)29/h2-9H,10-12H2,1H3,(H,22,27). The van der Waals surface area contributed by atoms with E-state index < -0.39 is 17.7 Å². The van der Waals surface area contributed by atoms with Crippen LogP contribution in [0.3, 0.4) is 0 Å². The molecule has 3 aromatic rings. The van der Waals surface area contributed by atoms with Crippen LogP contribution in [0.1, 0.15) is 20.7 Å². The van der Waals surface area contributed by atoms with E-state index in [4.69, 9.17) is 0 Å². The Balaban J connectivity index is 1.37. The minimum Gasteiger partial charge on any atom is -0.353 e.